The molecule has 1 rings (SSSR count). The van der Waals surface area contributed by atoms with E-state index < -0.39 is 0 Å². The van der Waals surface area contributed by atoms with Gasteiger partial charge in [-0.1, -0.05) is 13.3 Å². The van der Waals surface area contributed by atoms with E-state index in [0.717, 1.165) is 30.6 Å². The van der Waals surface area contributed by atoms with Gasteiger partial charge in [0.1, 0.15) is 12.4 Å². The number of benzene rings is 1. The van der Waals surface area contributed by atoms with Crippen LogP contribution in [0.5, 0.6) is 5.75 Å². The van der Waals surface area contributed by atoms with Crippen molar-refractivity contribution < 1.29 is 9.84 Å². The summed E-state index contributed by atoms with van der Waals surface area (Å²) in [5.41, 5.74) is 1.71. The highest BCUT2D eigenvalue weighted by Crippen LogP contribution is 2.22. The van der Waals surface area contributed by atoms with E-state index in [1.807, 2.05) is 6.07 Å². The van der Waals surface area contributed by atoms with Crippen LogP contribution in [0.2, 0.25) is 0 Å². The van der Waals surface area contributed by atoms with Gasteiger partial charge in [0.15, 0.2) is 0 Å². The third kappa shape index (κ3) is 3.56. The molecule has 0 heterocycles. The molecule has 0 bridgehead atoms. The van der Waals surface area contributed by atoms with Gasteiger partial charge in [-0.15, -0.1) is 0 Å². The Bertz CT molecular complexity index is 369. The third-order valence-electron chi connectivity index (χ3n) is 2.34. The van der Waals surface area contributed by atoms with Gasteiger partial charge in [-0.2, -0.15) is 5.26 Å². The topological polar surface area (TPSA) is 53.2 Å². The second-order valence-electron chi connectivity index (χ2n) is 3.61. The third-order valence-corrected chi connectivity index (χ3v) is 2.34. The number of nitrogens with zero attached hydrogens (tertiary/aromatic N) is 1. The minimum absolute atomic E-state index is 0.00716. The van der Waals surface area contributed by atoms with E-state index in [1.54, 1.807) is 12.1 Å². The monoisotopic (exact) mass is 219 g/mol. The summed E-state index contributed by atoms with van der Waals surface area (Å²) in [7, 11) is 0. The van der Waals surface area contributed by atoms with Crippen LogP contribution in [-0.2, 0) is 6.42 Å². The molecule has 0 aliphatic carbocycles. The van der Waals surface area contributed by atoms with Gasteiger partial charge >= 0.3 is 0 Å². The van der Waals surface area contributed by atoms with Crippen LogP contribution in [0.15, 0.2) is 18.2 Å². The molecule has 16 heavy (non-hydrogen) atoms. The Hall–Kier alpha value is -1.53. The van der Waals surface area contributed by atoms with Gasteiger partial charge in [0, 0.05) is 0 Å². The van der Waals surface area contributed by atoms with Crippen LogP contribution in [0.1, 0.15) is 30.9 Å². The minimum Gasteiger partial charge on any atom is -0.491 e. The standard InChI is InChI=1S/C13H17NO2/c1-2-3-4-12-9-11(10-14)5-6-13(12)16-8-7-15/h5-6,9,15H,2-4,7-8H2,1H3. The summed E-state index contributed by atoms with van der Waals surface area (Å²) >= 11 is 0. The van der Waals surface area contributed by atoms with Gasteiger partial charge in [-0.3, -0.25) is 0 Å². The largest absolute Gasteiger partial charge is 0.491 e. The number of unbranched alkanes of at least 4 members (excludes halogenated alkanes) is 1. The molecule has 1 N–H and O–H groups in total. The molecule has 0 saturated heterocycles. The lowest BCUT2D eigenvalue weighted by molar-refractivity contribution is 0.200. The predicted octanol–water partition coefficient (Wildman–Crippen LogP) is 2.27. The quantitative estimate of drug-likeness (QED) is 0.798. The summed E-state index contributed by atoms with van der Waals surface area (Å²) in [4.78, 5) is 0. The van der Waals surface area contributed by atoms with E-state index in [1.165, 1.54) is 0 Å². The molecule has 0 unspecified atom stereocenters. The molecule has 1 aromatic carbocycles. The van der Waals surface area contributed by atoms with Crippen LogP contribution < -0.4 is 4.74 Å². The maximum absolute atomic E-state index is 8.82. The van der Waals surface area contributed by atoms with E-state index in [2.05, 4.69) is 13.0 Å². The number of hydrogen-bond acceptors (Lipinski definition) is 3. The Kier molecular flexibility index (Phi) is 5.38. The number of aryl methyl sites for hydroxylation is 1. The first-order valence-corrected chi connectivity index (χ1v) is 5.58. The zero-order chi connectivity index (χ0) is 11.8. The van der Waals surface area contributed by atoms with Gasteiger partial charge in [0.05, 0.1) is 18.2 Å². The number of aliphatic hydroxyl groups is 1. The van der Waals surface area contributed by atoms with Crippen LogP contribution >= 0.6 is 0 Å². The highest BCUT2D eigenvalue weighted by atomic mass is 16.5. The summed E-state index contributed by atoms with van der Waals surface area (Å²) in [5.74, 6) is 0.779. The van der Waals surface area contributed by atoms with Crippen molar-refractivity contribution in [3.63, 3.8) is 0 Å². The highest BCUT2D eigenvalue weighted by molar-refractivity contribution is 5.42. The lowest BCUT2D eigenvalue weighted by Gasteiger charge is -2.10. The van der Waals surface area contributed by atoms with Crippen molar-refractivity contribution in [2.45, 2.75) is 26.2 Å². The summed E-state index contributed by atoms with van der Waals surface area (Å²) < 4.78 is 5.42. The van der Waals surface area contributed by atoms with E-state index in [-0.39, 0.29) is 6.61 Å². The van der Waals surface area contributed by atoms with E-state index in [0.29, 0.717) is 12.2 Å². The molecular formula is C13H17NO2. The fraction of sp³-hybridized carbons (Fsp3) is 0.462. The fourth-order valence-corrected chi connectivity index (χ4v) is 1.51. The van der Waals surface area contributed by atoms with Crippen molar-refractivity contribution in [1.29, 1.82) is 5.26 Å². The Balaban J connectivity index is 2.83. The van der Waals surface area contributed by atoms with Gasteiger partial charge in [-0.25, -0.2) is 0 Å². The molecule has 3 heteroatoms. The van der Waals surface area contributed by atoms with Crippen molar-refractivity contribution in [1.82, 2.24) is 0 Å². The first-order valence-electron chi connectivity index (χ1n) is 5.58. The lowest BCUT2D eigenvalue weighted by Crippen LogP contribution is -2.04. The highest BCUT2D eigenvalue weighted by Gasteiger charge is 2.04. The minimum atomic E-state index is 0.00716. The van der Waals surface area contributed by atoms with Gasteiger partial charge in [0.25, 0.3) is 0 Å². The zero-order valence-corrected chi connectivity index (χ0v) is 9.57. The predicted molar refractivity (Wildman–Crippen MR) is 62.3 cm³/mol. The molecule has 0 spiro atoms. The number of rotatable bonds is 6. The van der Waals surface area contributed by atoms with Gasteiger partial charge in [0.2, 0.25) is 0 Å². The Morgan fingerprint density at radius 1 is 1.44 bits per heavy atom. The van der Waals surface area contributed by atoms with Crippen molar-refractivity contribution >= 4 is 0 Å². The lowest BCUT2D eigenvalue weighted by atomic mass is 10.0. The second kappa shape index (κ2) is 6.86. The summed E-state index contributed by atoms with van der Waals surface area (Å²) in [6.07, 6.45) is 3.09. The smallest absolute Gasteiger partial charge is 0.122 e. The van der Waals surface area contributed by atoms with E-state index in [4.69, 9.17) is 15.1 Å². The zero-order valence-electron chi connectivity index (χ0n) is 9.57. The second-order valence-corrected chi connectivity index (χ2v) is 3.61. The van der Waals surface area contributed by atoms with Crippen LogP contribution in [0.25, 0.3) is 0 Å². The fourth-order valence-electron chi connectivity index (χ4n) is 1.51. The molecule has 0 amide bonds. The molecular weight excluding hydrogens is 202 g/mol. The van der Waals surface area contributed by atoms with E-state index >= 15 is 0 Å². The summed E-state index contributed by atoms with van der Waals surface area (Å²) in [6, 6.07) is 7.53. The Labute approximate surface area is 96.3 Å². The Morgan fingerprint density at radius 2 is 2.25 bits per heavy atom. The first kappa shape index (κ1) is 12.5. The van der Waals surface area contributed by atoms with Crippen LogP contribution in [-0.4, -0.2) is 18.3 Å². The maximum atomic E-state index is 8.82. The first-order chi connectivity index (χ1) is 7.81. The van der Waals surface area contributed by atoms with Crippen LogP contribution in [0, 0.1) is 11.3 Å². The average Bonchev–Trinajstić information content (AvgIpc) is 2.34. The SMILES string of the molecule is CCCCc1cc(C#N)ccc1OCCO. The molecule has 0 fully saturated rings. The molecule has 0 aliphatic heterocycles. The molecule has 86 valence electrons. The average molecular weight is 219 g/mol. The van der Waals surface area contributed by atoms with Crippen LogP contribution in [0.4, 0.5) is 0 Å². The van der Waals surface area contributed by atoms with Crippen molar-refractivity contribution in [3.05, 3.63) is 29.3 Å². The summed E-state index contributed by atoms with van der Waals surface area (Å²) in [6.45, 7) is 2.43. The number of ether oxygens (including phenoxy) is 1. The van der Waals surface area contributed by atoms with Crippen molar-refractivity contribution in [2.24, 2.45) is 0 Å². The maximum Gasteiger partial charge on any atom is 0.122 e. The Morgan fingerprint density at radius 3 is 2.88 bits per heavy atom. The van der Waals surface area contributed by atoms with Crippen LogP contribution in [0.3, 0.4) is 0 Å². The molecule has 0 aliphatic rings. The van der Waals surface area contributed by atoms with Crippen molar-refractivity contribution in [2.75, 3.05) is 13.2 Å². The normalized spacial score (nSPS) is 9.81. The molecule has 0 saturated carbocycles. The summed E-state index contributed by atoms with van der Waals surface area (Å²) in [5, 5.41) is 17.5. The molecule has 1 aromatic rings. The molecule has 0 atom stereocenters. The number of nitriles is 1. The molecule has 3 nitrogen and oxygen atoms in total. The van der Waals surface area contributed by atoms with Gasteiger partial charge in [-0.05, 0) is 36.6 Å². The molecule has 0 radical (unpaired) electrons. The van der Waals surface area contributed by atoms with Gasteiger partial charge < -0.3 is 9.84 Å². The van der Waals surface area contributed by atoms with Crippen molar-refractivity contribution in [3.8, 4) is 11.8 Å². The number of hydrogen-bond donors (Lipinski definition) is 1. The molecule has 0 aromatic heterocycles. The number of aliphatic hydroxyl groups excluding tert-OH is 1. The van der Waals surface area contributed by atoms with E-state index in [9.17, 15) is 0 Å².